The predicted molar refractivity (Wildman–Crippen MR) is 97.1 cm³/mol. The predicted octanol–water partition coefficient (Wildman–Crippen LogP) is 2.51. The first-order valence-electron chi connectivity index (χ1n) is 9.47. The summed E-state index contributed by atoms with van der Waals surface area (Å²) in [5.74, 6) is -0.0590. The maximum Gasteiger partial charge on any atom is 0.227 e. The molecular weight excluding hydrogens is 316 g/mol. The molecule has 2 heterocycles. The first-order valence-corrected chi connectivity index (χ1v) is 9.47. The van der Waals surface area contributed by atoms with Gasteiger partial charge in [0.05, 0.1) is 18.1 Å². The highest BCUT2D eigenvalue weighted by Crippen LogP contribution is 2.24. The van der Waals surface area contributed by atoms with Crippen LogP contribution in [0.3, 0.4) is 0 Å². The highest BCUT2D eigenvalue weighted by atomic mass is 16.5. The van der Waals surface area contributed by atoms with Crippen molar-refractivity contribution in [2.24, 2.45) is 11.7 Å². The largest absolute Gasteiger partial charge is 0.381 e. The van der Waals surface area contributed by atoms with Gasteiger partial charge in [-0.2, -0.15) is 0 Å². The second-order valence-electron chi connectivity index (χ2n) is 7.20. The van der Waals surface area contributed by atoms with Gasteiger partial charge in [0.1, 0.15) is 0 Å². The number of amides is 1. The Morgan fingerprint density at radius 3 is 2.36 bits per heavy atom. The van der Waals surface area contributed by atoms with Gasteiger partial charge in [-0.25, -0.2) is 0 Å². The van der Waals surface area contributed by atoms with Crippen LogP contribution in [0.25, 0.3) is 0 Å². The quantitative estimate of drug-likeness (QED) is 0.890. The normalized spacial score (nSPS) is 22.6. The molecule has 0 aromatic heterocycles. The van der Waals surface area contributed by atoms with Crippen LogP contribution >= 0.6 is 0 Å². The van der Waals surface area contributed by atoms with Crippen molar-refractivity contribution in [2.75, 3.05) is 26.3 Å². The minimum absolute atomic E-state index is 0.154. The fourth-order valence-electron chi connectivity index (χ4n) is 3.70. The number of hydrogen-bond donors (Lipinski definition) is 1. The zero-order valence-corrected chi connectivity index (χ0v) is 15.1. The third-order valence-corrected chi connectivity index (χ3v) is 5.42. The van der Waals surface area contributed by atoms with Crippen molar-refractivity contribution in [1.29, 1.82) is 0 Å². The number of likely N-dealkylation sites (tertiary alicyclic amines) is 1. The van der Waals surface area contributed by atoms with E-state index in [0.29, 0.717) is 6.10 Å². The molecule has 2 fully saturated rings. The van der Waals surface area contributed by atoms with Gasteiger partial charge in [0.25, 0.3) is 0 Å². The van der Waals surface area contributed by atoms with Crippen LogP contribution in [0.15, 0.2) is 30.3 Å². The molecule has 25 heavy (non-hydrogen) atoms. The van der Waals surface area contributed by atoms with Crippen molar-refractivity contribution in [3.05, 3.63) is 35.9 Å². The summed E-state index contributed by atoms with van der Waals surface area (Å²) in [7, 11) is 0. The molecule has 1 amide bonds. The van der Waals surface area contributed by atoms with Gasteiger partial charge in [-0.15, -0.1) is 0 Å². The fraction of sp³-hybridized carbons (Fsp3) is 0.650. The Hall–Kier alpha value is -1.43. The Labute approximate surface area is 150 Å². The summed E-state index contributed by atoms with van der Waals surface area (Å²) < 4.78 is 11.6. The molecule has 5 heteroatoms. The minimum Gasteiger partial charge on any atom is -0.381 e. The van der Waals surface area contributed by atoms with Gasteiger partial charge < -0.3 is 20.1 Å². The number of benzene rings is 1. The number of hydrogen-bond acceptors (Lipinski definition) is 4. The molecule has 2 atom stereocenters. The summed E-state index contributed by atoms with van der Waals surface area (Å²) in [6.07, 6.45) is 4.40. The molecule has 138 valence electrons. The van der Waals surface area contributed by atoms with Crippen LogP contribution in [-0.4, -0.2) is 49.3 Å². The van der Waals surface area contributed by atoms with Crippen molar-refractivity contribution in [1.82, 2.24) is 4.90 Å². The molecule has 5 nitrogen and oxygen atoms in total. The molecular formula is C20H30N2O3. The fourth-order valence-corrected chi connectivity index (χ4v) is 3.70. The SMILES string of the molecule is CC(C(=O)N1CCC(OC2CCOCC2)CC1)C(N)c1ccccc1. The summed E-state index contributed by atoms with van der Waals surface area (Å²) in [4.78, 5) is 14.8. The molecule has 0 radical (unpaired) electrons. The number of carbonyl (C=O) groups excluding carboxylic acids is 1. The third kappa shape index (κ3) is 4.81. The zero-order chi connectivity index (χ0) is 17.6. The minimum atomic E-state index is -0.259. The molecule has 2 saturated heterocycles. The Morgan fingerprint density at radius 2 is 1.72 bits per heavy atom. The lowest BCUT2D eigenvalue weighted by Crippen LogP contribution is -2.46. The number of piperidine rings is 1. The van der Waals surface area contributed by atoms with E-state index in [1.165, 1.54) is 0 Å². The number of rotatable bonds is 5. The van der Waals surface area contributed by atoms with E-state index in [9.17, 15) is 4.79 Å². The van der Waals surface area contributed by atoms with Crippen LogP contribution in [0.2, 0.25) is 0 Å². The summed E-state index contributed by atoms with van der Waals surface area (Å²) in [5.41, 5.74) is 7.33. The average Bonchev–Trinajstić information content (AvgIpc) is 2.68. The second kappa shape index (κ2) is 8.79. The standard InChI is InChI=1S/C20H30N2O3/c1-15(19(21)16-5-3-2-4-6-16)20(23)22-11-7-17(8-12-22)25-18-9-13-24-14-10-18/h2-6,15,17-19H,7-14,21H2,1H3. The van der Waals surface area contributed by atoms with E-state index >= 15 is 0 Å². The summed E-state index contributed by atoms with van der Waals surface area (Å²) in [5, 5.41) is 0. The molecule has 0 spiro atoms. The van der Waals surface area contributed by atoms with Gasteiger partial charge in [0, 0.05) is 32.3 Å². The Morgan fingerprint density at radius 1 is 1.12 bits per heavy atom. The summed E-state index contributed by atoms with van der Waals surface area (Å²) >= 11 is 0. The first-order chi connectivity index (χ1) is 12.1. The number of nitrogens with two attached hydrogens (primary N) is 1. The van der Waals surface area contributed by atoms with Crippen molar-refractivity contribution < 1.29 is 14.3 Å². The molecule has 2 aliphatic heterocycles. The molecule has 0 aliphatic carbocycles. The molecule has 2 aliphatic rings. The Bertz CT molecular complexity index is 537. The zero-order valence-electron chi connectivity index (χ0n) is 15.1. The lowest BCUT2D eigenvalue weighted by Gasteiger charge is -2.36. The van der Waals surface area contributed by atoms with E-state index in [1.807, 2.05) is 42.2 Å². The van der Waals surface area contributed by atoms with Crippen LogP contribution in [0, 0.1) is 5.92 Å². The molecule has 1 aromatic rings. The van der Waals surface area contributed by atoms with Crippen molar-refractivity contribution in [2.45, 2.75) is 50.9 Å². The van der Waals surface area contributed by atoms with Gasteiger partial charge >= 0.3 is 0 Å². The van der Waals surface area contributed by atoms with E-state index < -0.39 is 0 Å². The van der Waals surface area contributed by atoms with Gasteiger partial charge in [0.2, 0.25) is 5.91 Å². The maximum atomic E-state index is 12.8. The summed E-state index contributed by atoms with van der Waals surface area (Å²) in [6.45, 7) is 5.07. The topological polar surface area (TPSA) is 64.8 Å². The molecule has 0 bridgehead atoms. The van der Waals surface area contributed by atoms with Crippen LogP contribution < -0.4 is 5.73 Å². The molecule has 1 aromatic carbocycles. The molecule has 2 unspecified atom stereocenters. The van der Waals surface area contributed by atoms with Crippen molar-refractivity contribution in [3.63, 3.8) is 0 Å². The smallest absolute Gasteiger partial charge is 0.227 e. The van der Waals surface area contributed by atoms with Crippen LogP contribution in [-0.2, 0) is 14.3 Å². The second-order valence-corrected chi connectivity index (χ2v) is 7.20. The first kappa shape index (κ1) is 18.4. The van der Waals surface area contributed by atoms with Crippen molar-refractivity contribution in [3.8, 4) is 0 Å². The third-order valence-electron chi connectivity index (χ3n) is 5.42. The summed E-state index contributed by atoms with van der Waals surface area (Å²) in [6, 6.07) is 9.61. The van der Waals surface area contributed by atoms with Gasteiger partial charge in [0.15, 0.2) is 0 Å². The highest BCUT2D eigenvalue weighted by molar-refractivity contribution is 5.79. The van der Waals surface area contributed by atoms with Crippen molar-refractivity contribution >= 4 is 5.91 Å². The Kier molecular flexibility index (Phi) is 6.45. The number of nitrogens with zero attached hydrogens (tertiary/aromatic N) is 1. The van der Waals surface area contributed by atoms with E-state index in [1.54, 1.807) is 0 Å². The molecule has 2 N–H and O–H groups in total. The van der Waals surface area contributed by atoms with Crippen LogP contribution in [0.5, 0.6) is 0 Å². The van der Waals surface area contributed by atoms with Crippen LogP contribution in [0.1, 0.15) is 44.2 Å². The van der Waals surface area contributed by atoms with Crippen LogP contribution in [0.4, 0.5) is 0 Å². The number of carbonyl (C=O) groups is 1. The maximum absolute atomic E-state index is 12.8. The Balaban J connectivity index is 1.47. The molecule has 3 rings (SSSR count). The lowest BCUT2D eigenvalue weighted by atomic mass is 9.93. The lowest BCUT2D eigenvalue weighted by molar-refractivity contribution is -0.140. The monoisotopic (exact) mass is 346 g/mol. The highest BCUT2D eigenvalue weighted by Gasteiger charge is 2.31. The average molecular weight is 346 g/mol. The molecule has 0 saturated carbocycles. The van der Waals surface area contributed by atoms with Gasteiger partial charge in [-0.1, -0.05) is 37.3 Å². The van der Waals surface area contributed by atoms with E-state index in [2.05, 4.69) is 0 Å². The van der Waals surface area contributed by atoms with E-state index in [4.69, 9.17) is 15.2 Å². The van der Waals surface area contributed by atoms with Gasteiger partial charge in [-0.05, 0) is 31.2 Å². The van der Waals surface area contributed by atoms with Gasteiger partial charge in [-0.3, -0.25) is 4.79 Å². The number of ether oxygens (including phenoxy) is 2. The van der Waals surface area contributed by atoms with E-state index in [-0.39, 0.29) is 24.0 Å². The van der Waals surface area contributed by atoms with E-state index in [0.717, 1.165) is 57.6 Å².